The Bertz CT molecular complexity index is 411. The van der Waals surface area contributed by atoms with Gasteiger partial charge in [0, 0.05) is 19.3 Å². The standard InChI is InChI=1S/C12H15ClN2O2/c13-11-6-9(3-4-14-11)7-15-5-1-2-10(8-15)12(16)17/h3-4,6,10H,1-2,5,7-8H2,(H,16,17)/t10-/m1/s1. The summed E-state index contributed by atoms with van der Waals surface area (Å²) in [4.78, 5) is 17.0. The molecule has 92 valence electrons. The van der Waals surface area contributed by atoms with E-state index >= 15 is 0 Å². The number of carboxylic acid groups (broad SMARTS) is 1. The second-order valence-electron chi connectivity index (χ2n) is 4.40. The molecule has 0 bridgehead atoms. The van der Waals surface area contributed by atoms with Gasteiger partial charge < -0.3 is 5.11 Å². The maximum atomic E-state index is 10.9. The quantitative estimate of drug-likeness (QED) is 0.839. The van der Waals surface area contributed by atoms with Crippen molar-refractivity contribution >= 4 is 17.6 Å². The zero-order valence-corrected chi connectivity index (χ0v) is 10.2. The third-order valence-electron chi connectivity index (χ3n) is 3.05. The van der Waals surface area contributed by atoms with E-state index in [2.05, 4.69) is 9.88 Å². The lowest BCUT2D eigenvalue weighted by Crippen LogP contribution is -2.38. The summed E-state index contributed by atoms with van der Waals surface area (Å²) in [6.45, 7) is 2.31. The lowest BCUT2D eigenvalue weighted by molar-refractivity contribution is -0.143. The van der Waals surface area contributed by atoms with Crippen molar-refractivity contribution in [1.29, 1.82) is 0 Å². The van der Waals surface area contributed by atoms with E-state index in [-0.39, 0.29) is 5.92 Å². The molecule has 2 heterocycles. The Balaban J connectivity index is 1.97. The fourth-order valence-electron chi connectivity index (χ4n) is 2.20. The van der Waals surface area contributed by atoms with E-state index < -0.39 is 5.97 Å². The smallest absolute Gasteiger partial charge is 0.307 e. The van der Waals surface area contributed by atoms with Crippen LogP contribution in [0.4, 0.5) is 0 Å². The van der Waals surface area contributed by atoms with Gasteiger partial charge in [0.15, 0.2) is 0 Å². The first-order valence-corrected chi connectivity index (χ1v) is 6.08. The van der Waals surface area contributed by atoms with Gasteiger partial charge in [-0.25, -0.2) is 4.98 Å². The summed E-state index contributed by atoms with van der Waals surface area (Å²) >= 11 is 5.82. The minimum absolute atomic E-state index is 0.235. The molecule has 1 aromatic heterocycles. The molecule has 0 aromatic carbocycles. The summed E-state index contributed by atoms with van der Waals surface area (Å²) in [6.07, 6.45) is 3.40. The molecule has 1 N–H and O–H groups in total. The topological polar surface area (TPSA) is 53.4 Å². The summed E-state index contributed by atoms with van der Waals surface area (Å²) in [6, 6.07) is 3.74. The Hall–Kier alpha value is -1.13. The molecule has 1 saturated heterocycles. The van der Waals surface area contributed by atoms with Crippen LogP contribution in [0.15, 0.2) is 18.3 Å². The van der Waals surface area contributed by atoms with Crippen molar-refractivity contribution in [2.24, 2.45) is 5.92 Å². The van der Waals surface area contributed by atoms with E-state index in [9.17, 15) is 4.79 Å². The van der Waals surface area contributed by atoms with Crippen molar-refractivity contribution in [3.05, 3.63) is 29.0 Å². The number of carbonyl (C=O) groups is 1. The van der Waals surface area contributed by atoms with Crippen LogP contribution < -0.4 is 0 Å². The predicted molar refractivity (Wildman–Crippen MR) is 64.9 cm³/mol. The molecule has 0 amide bonds. The largest absolute Gasteiger partial charge is 0.481 e. The molecule has 1 aliphatic rings. The molecule has 0 radical (unpaired) electrons. The summed E-state index contributed by atoms with van der Waals surface area (Å²) in [5.41, 5.74) is 1.08. The van der Waals surface area contributed by atoms with E-state index in [1.807, 2.05) is 12.1 Å². The average molecular weight is 255 g/mol. The fourth-order valence-corrected chi connectivity index (χ4v) is 2.40. The molecular weight excluding hydrogens is 240 g/mol. The Kier molecular flexibility index (Phi) is 3.97. The number of halogens is 1. The number of pyridine rings is 1. The lowest BCUT2D eigenvalue weighted by Gasteiger charge is -2.30. The van der Waals surface area contributed by atoms with Crippen molar-refractivity contribution in [1.82, 2.24) is 9.88 Å². The van der Waals surface area contributed by atoms with E-state index in [1.165, 1.54) is 0 Å². The number of carboxylic acids is 1. The highest BCUT2D eigenvalue weighted by Gasteiger charge is 2.25. The van der Waals surface area contributed by atoms with Crippen LogP contribution in [-0.4, -0.2) is 34.0 Å². The summed E-state index contributed by atoms with van der Waals surface area (Å²) in [7, 11) is 0. The highest BCUT2D eigenvalue weighted by Crippen LogP contribution is 2.19. The normalized spacial score (nSPS) is 21.4. The molecule has 0 unspecified atom stereocenters. The minimum Gasteiger partial charge on any atom is -0.481 e. The van der Waals surface area contributed by atoms with Crippen molar-refractivity contribution in [3.8, 4) is 0 Å². The molecule has 5 heteroatoms. The summed E-state index contributed by atoms with van der Waals surface area (Å²) in [5, 5.41) is 9.49. The number of aliphatic carboxylic acids is 1. The van der Waals surface area contributed by atoms with Crippen LogP contribution in [0.5, 0.6) is 0 Å². The van der Waals surface area contributed by atoms with E-state index in [1.54, 1.807) is 6.20 Å². The molecule has 17 heavy (non-hydrogen) atoms. The van der Waals surface area contributed by atoms with Gasteiger partial charge in [-0.15, -0.1) is 0 Å². The number of nitrogens with zero attached hydrogens (tertiary/aromatic N) is 2. The monoisotopic (exact) mass is 254 g/mol. The second kappa shape index (κ2) is 5.47. The Morgan fingerprint density at radius 2 is 2.47 bits per heavy atom. The Morgan fingerprint density at radius 3 is 3.18 bits per heavy atom. The zero-order chi connectivity index (χ0) is 12.3. The Morgan fingerprint density at radius 1 is 1.65 bits per heavy atom. The Labute approximate surface area is 105 Å². The second-order valence-corrected chi connectivity index (χ2v) is 4.79. The molecule has 4 nitrogen and oxygen atoms in total. The van der Waals surface area contributed by atoms with Gasteiger partial charge in [0.05, 0.1) is 5.92 Å². The molecule has 2 rings (SSSR count). The van der Waals surface area contributed by atoms with E-state index in [0.717, 1.165) is 31.5 Å². The van der Waals surface area contributed by atoms with Gasteiger partial charge in [-0.3, -0.25) is 9.69 Å². The third-order valence-corrected chi connectivity index (χ3v) is 3.26. The SMILES string of the molecule is O=C(O)[C@@H]1CCCN(Cc2ccnc(Cl)c2)C1. The van der Waals surface area contributed by atoms with Crippen molar-refractivity contribution in [2.75, 3.05) is 13.1 Å². The number of hydrogen-bond acceptors (Lipinski definition) is 3. The van der Waals surface area contributed by atoms with Gasteiger partial charge in [0.25, 0.3) is 0 Å². The van der Waals surface area contributed by atoms with E-state index in [0.29, 0.717) is 11.7 Å². The number of piperidine rings is 1. The molecule has 0 saturated carbocycles. The van der Waals surface area contributed by atoms with Crippen LogP contribution in [-0.2, 0) is 11.3 Å². The first-order valence-electron chi connectivity index (χ1n) is 5.71. The van der Waals surface area contributed by atoms with Crippen LogP contribution in [0, 0.1) is 5.92 Å². The lowest BCUT2D eigenvalue weighted by atomic mass is 9.98. The molecule has 1 aliphatic heterocycles. The summed E-state index contributed by atoms with van der Waals surface area (Å²) < 4.78 is 0. The van der Waals surface area contributed by atoms with Gasteiger partial charge in [0.2, 0.25) is 0 Å². The highest BCUT2D eigenvalue weighted by atomic mass is 35.5. The average Bonchev–Trinajstić information content (AvgIpc) is 2.29. The van der Waals surface area contributed by atoms with Crippen LogP contribution in [0.1, 0.15) is 18.4 Å². The van der Waals surface area contributed by atoms with Crippen molar-refractivity contribution < 1.29 is 9.90 Å². The maximum absolute atomic E-state index is 10.9. The number of hydrogen-bond donors (Lipinski definition) is 1. The zero-order valence-electron chi connectivity index (χ0n) is 9.47. The van der Waals surface area contributed by atoms with Crippen LogP contribution >= 0.6 is 11.6 Å². The van der Waals surface area contributed by atoms with Crippen LogP contribution in [0.3, 0.4) is 0 Å². The fraction of sp³-hybridized carbons (Fsp3) is 0.500. The summed E-state index contributed by atoms with van der Waals surface area (Å²) in [5.74, 6) is -0.927. The molecule has 1 atom stereocenters. The van der Waals surface area contributed by atoms with Gasteiger partial charge in [-0.05, 0) is 37.1 Å². The van der Waals surface area contributed by atoms with Gasteiger partial charge in [0.1, 0.15) is 5.15 Å². The minimum atomic E-state index is -0.692. The molecule has 1 aromatic rings. The first kappa shape index (κ1) is 12.3. The molecule has 1 fully saturated rings. The van der Waals surface area contributed by atoms with Crippen molar-refractivity contribution in [3.63, 3.8) is 0 Å². The van der Waals surface area contributed by atoms with Crippen LogP contribution in [0.2, 0.25) is 5.15 Å². The highest BCUT2D eigenvalue weighted by molar-refractivity contribution is 6.29. The van der Waals surface area contributed by atoms with Gasteiger partial charge >= 0.3 is 5.97 Å². The predicted octanol–water partition coefficient (Wildman–Crippen LogP) is 2.03. The maximum Gasteiger partial charge on any atom is 0.307 e. The van der Waals surface area contributed by atoms with Crippen LogP contribution in [0.25, 0.3) is 0 Å². The first-order chi connectivity index (χ1) is 8.15. The third kappa shape index (κ3) is 3.41. The molecular formula is C12H15ClN2O2. The van der Waals surface area contributed by atoms with Gasteiger partial charge in [-0.1, -0.05) is 11.6 Å². The molecule has 0 spiro atoms. The number of likely N-dealkylation sites (tertiary alicyclic amines) is 1. The molecule has 0 aliphatic carbocycles. The number of aromatic nitrogens is 1. The number of rotatable bonds is 3. The van der Waals surface area contributed by atoms with E-state index in [4.69, 9.17) is 16.7 Å². The van der Waals surface area contributed by atoms with Gasteiger partial charge in [-0.2, -0.15) is 0 Å². The van der Waals surface area contributed by atoms with Crippen molar-refractivity contribution in [2.45, 2.75) is 19.4 Å².